The number of nitrogens with zero attached hydrogens (tertiary/aromatic N) is 8. The summed E-state index contributed by atoms with van der Waals surface area (Å²) in [7, 11) is 0. The van der Waals surface area contributed by atoms with E-state index in [1.807, 2.05) is 47.2 Å². The van der Waals surface area contributed by atoms with Gasteiger partial charge >= 0.3 is 0 Å². The van der Waals surface area contributed by atoms with Crippen molar-refractivity contribution >= 4 is 22.8 Å². The van der Waals surface area contributed by atoms with Crippen LogP contribution in [-0.2, 0) is 6.54 Å². The number of anilines is 1. The van der Waals surface area contributed by atoms with Gasteiger partial charge in [-0.15, -0.1) is 10.2 Å². The highest BCUT2D eigenvalue weighted by atomic mass is 16.1. The summed E-state index contributed by atoms with van der Waals surface area (Å²) in [6.45, 7) is 4.70. The van der Waals surface area contributed by atoms with E-state index in [9.17, 15) is 4.79 Å². The Bertz CT molecular complexity index is 1420. The van der Waals surface area contributed by atoms with Gasteiger partial charge in [-0.05, 0) is 49.7 Å². The molecule has 10 heteroatoms. The molecule has 0 unspecified atom stereocenters. The number of amides is 1. The van der Waals surface area contributed by atoms with Crippen molar-refractivity contribution in [2.45, 2.75) is 26.4 Å². The molecule has 0 aliphatic carbocycles. The summed E-state index contributed by atoms with van der Waals surface area (Å²) in [5.74, 6) is 0.687. The van der Waals surface area contributed by atoms with Crippen molar-refractivity contribution in [1.29, 1.82) is 0 Å². The van der Waals surface area contributed by atoms with Crippen LogP contribution in [0.4, 0.5) is 5.82 Å². The first-order valence-electron chi connectivity index (χ1n) is 10.5. The molecule has 5 heterocycles. The van der Waals surface area contributed by atoms with Crippen LogP contribution in [-0.4, -0.2) is 45.2 Å². The molecule has 0 bridgehead atoms. The largest absolute Gasteiger partial charge is 0.326 e. The van der Waals surface area contributed by atoms with E-state index in [-0.39, 0.29) is 17.6 Å². The van der Waals surface area contributed by atoms with Crippen LogP contribution in [0, 0.1) is 0 Å². The number of aromatic nitrogens is 8. The van der Waals surface area contributed by atoms with E-state index in [0.29, 0.717) is 29.4 Å². The van der Waals surface area contributed by atoms with Crippen molar-refractivity contribution in [3.8, 4) is 11.5 Å². The highest BCUT2D eigenvalue weighted by Crippen LogP contribution is 2.20. The number of imidazole rings is 1. The maximum atomic E-state index is 12.9. The Morgan fingerprint density at radius 2 is 1.94 bits per heavy atom. The lowest BCUT2D eigenvalue weighted by Gasteiger charge is -2.10. The third-order valence-corrected chi connectivity index (χ3v) is 5.19. The monoisotopic (exact) mass is 439 g/mol. The van der Waals surface area contributed by atoms with Gasteiger partial charge in [0.05, 0.1) is 18.0 Å². The molecule has 5 aromatic heterocycles. The molecule has 0 atom stereocenters. The first-order valence-corrected chi connectivity index (χ1v) is 10.5. The number of nitrogens with one attached hydrogen (secondary N) is 1. The van der Waals surface area contributed by atoms with Gasteiger partial charge in [0.25, 0.3) is 5.91 Å². The van der Waals surface area contributed by atoms with Gasteiger partial charge < -0.3 is 14.5 Å². The van der Waals surface area contributed by atoms with E-state index in [1.54, 1.807) is 43.4 Å². The second-order valence-electron chi connectivity index (χ2n) is 7.80. The van der Waals surface area contributed by atoms with Gasteiger partial charge in [0, 0.05) is 25.0 Å². The van der Waals surface area contributed by atoms with Crippen molar-refractivity contribution in [2.24, 2.45) is 0 Å². The van der Waals surface area contributed by atoms with Gasteiger partial charge in [-0.1, -0.05) is 6.07 Å². The number of carbonyl (C=O) groups is 1. The quantitative estimate of drug-likeness (QED) is 0.431. The van der Waals surface area contributed by atoms with Gasteiger partial charge in [0.15, 0.2) is 5.82 Å². The summed E-state index contributed by atoms with van der Waals surface area (Å²) in [5, 5.41) is 11.0. The summed E-state index contributed by atoms with van der Waals surface area (Å²) in [4.78, 5) is 30.2. The molecule has 5 rings (SSSR count). The molecule has 0 aliphatic rings. The molecule has 0 fully saturated rings. The number of pyridine rings is 3. The van der Waals surface area contributed by atoms with E-state index in [0.717, 1.165) is 11.1 Å². The zero-order chi connectivity index (χ0) is 22.8. The fourth-order valence-electron chi connectivity index (χ4n) is 3.51. The molecule has 10 nitrogen and oxygen atoms in total. The van der Waals surface area contributed by atoms with Crippen molar-refractivity contribution in [1.82, 2.24) is 39.3 Å². The van der Waals surface area contributed by atoms with Crippen molar-refractivity contribution in [3.05, 3.63) is 78.9 Å². The van der Waals surface area contributed by atoms with Gasteiger partial charge in [-0.25, -0.2) is 15.0 Å². The van der Waals surface area contributed by atoms with Crippen molar-refractivity contribution in [3.63, 3.8) is 0 Å². The SMILES string of the molecule is CC(C)n1cnnc1-c1cccc(NC(=O)c2cc3c(cn2)ncn3Cc2ccncc2)n1. The molecule has 0 saturated heterocycles. The van der Waals surface area contributed by atoms with Gasteiger partial charge in [0.2, 0.25) is 0 Å². The Morgan fingerprint density at radius 1 is 1.09 bits per heavy atom. The Labute approximate surface area is 189 Å². The van der Waals surface area contributed by atoms with Crippen LogP contribution in [0.1, 0.15) is 35.9 Å². The molecule has 33 heavy (non-hydrogen) atoms. The number of fused-ring (bicyclic) bond motifs is 1. The van der Waals surface area contributed by atoms with E-state index in [1.165, 1.54) is 0 Å². The van der Waals surface area contributed by atoms with Crippen LogP contribution in [0.5, 0.6) is 0 Å². The lowest BCUT2D eigenvalue weighted by atomic mass is 10.2. The smallest absolute Gasteiger partial charge is 0.275 e. The first kappa shape index (κ1) is 20.4. The second-order valence-corrected chi connectivity index (χ2v) is 7.80. The first-order chi connectivity index (χ1) is 16.1. The minimum absolute atomic E-state index is 0.183. The molecule has 0 saturated carbocycles. The van der Waals surface area contributed by atoms with Crippen molar-refractivity contribution < 1.29 is 4.79 Å². The molecule has 164 valence electrons. The average Bonchev–Trinajstić information content (AvgIpc) is 3.47. The summed E-state index contributed by atoms with van der Waals surface area (Å²) >= 11 is 0. The lowest BCUT2D eigenvalue weighted by Crippen LogP contribution is -2.15. The van der Waals surface area contributed by atoms with Gasteiger partial charge in [0.1, 0.15) is 29.0 Å². The molecule has 1 amide bonds. The fourth-order valence-corrected chi connectivity index (χ4v) is 3.51. The number of hydrogen-bond acceptors (Lipinski definition) is 7. The summed E-state index contributed by atoms with van der Waals surface area (Å²) in [6.07, 6.45) is 8.51. The third kappa shape index (κ3) is 4.18. The Kier molecular flexibility index (Phi) is 5.31. The van der Waals surface area contributed by atoms with Crippen LogP contribution in [0.3, 0.4) is 0 Å². The zero-order valence-electron chi connectivity index (χ0n) is 18.1. The molecule has 5 aromatic rings. The summed E-state index contributed by atoms with van der Waals surface area (Å²) < 4.78 is 3.90. The second kappa shape index (κ2) is 8.58. The van der Waals surface area contributed by atoms with E-state index >= 15 is 0 Å². The minimum Gasteiger partial charge on any atom is -0.326 e. The zero-order valence-corrected chi connectivity index (χ0v) is 18.1. The topological polar surface area (TPSA) is 116 Å². The maximum absolute atomic E-state index is 12.9. The average molecular weight is 439 g/mol. The molecule has 0 aliphatic heterocycles. The number of rotatable bonds is 6. The van der Waals surface area contributed by atoms with Crippen molar-refractivity contribution in [2.75, 3.05) is 5.32 Å². The molecular weight excluding hydrogens is 418 g/mol. The third-order valence-electron chi connectivity index (χ3n) is 5.19. The normalized spacial score (nSPS) is 11.2. The van der Waals surface area contributed by atoms with E-state index < -0.39 is 0 Å². The summed E-state index contributed by atoms with van der Waals surface area (Å²) in [6, 6.07) is 11.2. The van der Waals surface area contributed by atoms with Crippen LogP contribution in [0.15, 0.2) is 67.6 Å². The number of hydrogen-bond donors (Lipinski definition) is 1. The van der Waals surface area contributed by atoms with Gasteiger partial charge in [-0.3, -0.25) is 9.78 Å². The predicted octanol–water partition coefficient (Wildman–Crippen LogP) is 3.36. The van der Waals surface area contributed by atoms with Gasteiger partial charge in [-0.2, -0.15) is 0 Å². The highest BCUT2D eigenvalue weighted by molar-refractivity contribution is 6.03. The van der Waals surface area contributed by atoms with Crippen LogP contribution in [0.25, 0.3) is 22.6 Å². The molecule has 1 N–H and O–H groups in total. The fraction of sp³-hybridized carbons (Fsp3) is 0.174. The molecular formula is C23H21N9O. The predicted molar refractivity (Wildman–Crippen MR) is 122 cm³/mol. The van der Waals surface area contributed by atoms with E-state index in [4.69, 9.17) is 0 Å². The minimum atomic E-state index is -0.358. The van der Waals surface area contributed by atoms with Crippen LogP contribution >= 0.6 is 0 Å². The molecule has 0 radical (unpaired) electrons. The standard InChI is InChI=1S/C23H21N9O/c1-15(2)32-14-27-30-22(32)17-4-3-5-21(28-17)29-23(33)18-10-20-19(11-25-18)26-13-31(20)12-16-6-8-24-9-7-16/h3-11,13-15H,12H2,1-2H3,(H,28,29,33). The Balaban J connectivity index is 1.39. The van der Waals surface area contributed by atoms with Crippen LogP contribution < -0.4 is 5.32 Å². The van der Waals surface area contributed by atoms with E-state index in [2.05, 4.69) is 35.5 Å². The number of carbonyl (C=O) groups excluding carboxylic acids is 1. The lowest BCUT2D eigenvalue weighted by molar-refractivity contribution is 0.102. The Morgan fingerprint density at radius 3 is 2.76 bits per heavy atom. The molecule has 0 spiro atoms. The molecule has 0 aromatic carbocycles. The van der Waals surface area contributed by atoms with Crippen LogP contribution in [0.2, 0.25) is 0 Å². The Hall–Kier alpha value is -4.47. The maximum Gasteiger partial charge on any atom is 0.275 e. The summed E-state index contributed by atoms with van der Waals surface area (Å²) in [5.41, 5.74) is 3.52. The highest BCUT2D eigenvalue weighted by Gasteiger charge is 2.15.